The Morgan fingerprint density at radius 1 is 1.29 bits per heavy atom. The van der Waals surface area contributed by atoms with Gasteiger partial charge in [-0.05, 0) is 31.6 Å². The van der Waals surface area contributed by atoms with Gasteiger partial charge in [0.25, 0.3) is 0 Å². The molecule has 1 rings (SSSR count). The normalized spacial score (nSPS) is 20.0. The van der Waals surface area contributed by atoms with E-state index in [4.69, 9.17) is 0 Å². The fourth-order valence-electron chi connectivity index (χ4n) is 1.58. The van der Waals surface area contributed by atoms with Gasteiger partial charge < -0.3 is 5.11 Å². The van der Waals surface area contributed by atoms with Crippen molar-refractivity contribution in [3.63, 3.8) is 0 Å². The average molecular weight is 194 g/mol. The minimum atomic E-state index is -0.886. The fraction of sp³-hybridized carbons (Fsp3) is 0.750. The predicted octanol–water partition coefficient (Wildman–Crippen LogP) is 1.91. The lowest BCUT2D eigenvalue weighted by Crippen LogP contribution is -2.29. The summed E-state index contributed by atoms with van der Waals surface area (Å²) in [6, 6.07) is 0. The number of hydrogen-bond donors (Lipinski definition) is 1. The molecule has 0 aliphatic heterocycles. The van der Waals surface area contributed by atoms with E-state index in [9.17, 15) is 9.90 Å². The Balaban J connectivity index is 2.60. The summed E-state index contributed by atoms with van der Waals surface area (Å²) in [5.41, 5.74) is -0.886. The van der Waals surface area contributed by atoms with E-state index >= 15 is 0 Å². The number of ketones is 1. The Labute approximate surface area is 85.7 Å². The molecule has 1 N–H and O–H groups in total. The Kier molecular flexibility index (Phi) is 3.71. The summed E-state index contributed by atoms with van der Waals surface area (Å²) in [5, 5.41) is 9.98. The summed E-state index contributed by atoms with van der Waals surface area (Å²) < 4.78 is 0. The van der Waals surface area contributed by atoms with Crippen LogP contribution < -0.4 is 0 Å². The summed E-state index contributed by atoms with van der Waals surface area (Å²) in [5.74, 6) is 5.15. The van der Waals surface area contributed by atoms with Crippen molar-refractivity contribution in [2.75, 3.05) is 0 Å². The number of carbonyl (C=O) groups is 1. The third-order valence-corrected chi connectivity index (χ3v) is 2.62. The molecule has 0 spiro atoms. The van der Waals surface area contributed by atoms with Crippen LogP contribution in [0.15, 0.2) is 0 Å². The predicted molar refractivity (Wildman–Crippen MR) is 55.7 cm³/mol. The quantitative estimate of drug-likeness (QED) is 0.511. The molecule has 1 aliphatic carbocycles. The van der Waals surface area contributed by atoms with Gasteiger partial charge in [-0.15, -0.1) is 0 Å². The SMILES string of the molecule is CC(C)C(=O)C#CC1(O)CCCCC1. The molecule has 0 radical (unpaired) electrons. The molecule has 0 unspecified atom stereocenters. The molecule has 2 heteroatoms. The fourth-order valence-corrected chi connectivity index (χ4v) is 1.58. The van der Waals surface area contributed by atoms with Crippen molar-refractivity contribution in [3.8, 4) is 11.8 Å². The first kappa shape index (κ1) is 11.3. The number of hydrogen-bond acceptors (Lipinski definition) is 2. The molecule has 0 aromatic carbocycles. The zero-order valence-electron chi connectivity index (χ0n) is 8.97. The van der Waals surface area contributed by atoms with Crippen LogP contribution in [0, 0.1) is 17.8 Å². The highest BCUT2D eigenvalue weighted by Crippen LogP contribution is 2.27. The molecule has 0 saturated heterocycles. The molecule has 1 fully saturated rings. The highest BCUT2D eigenvalue weighted by atomic mass is 16.3. The van der Waals surface area contributed by atoms with E-state index < -0.39 is 5.60 Å². The van der Waals surface area contributed by atoms with Gasteiger partial charge in [0.2, 0.25) is 5.78 Å². The summed E-state index contributed by atoms with van der Waals surface area (Å²) in [6.45, 7) is 3.64. The molecule has 0 aromatic heterocycles. The van der Waals surface area contributed by atoms with Crippen molar-refractivity contribution in [2.45, 2.75) is 51.6 Å². The van der Waals surface area contributed by atoms with Crippen molar-refractivity contribution in [1.29, 1.82) is 0 Å². The molecule has 14 heavy (non-hydrogen) atoms. The zero-order valence-corrected chi connectivity index (χ0v) is 8.97. The zero-order chi connectivity index (χ0) is 10.6. The Morgan fingerprint density at radius 2 is 1.86 bits per heavy atom. The molecule has 2 nitrogen and oxygen atoms in total. The van der Waals surface area contributed by atoms with Crippen LogP contribution in [0.25, 0.3) is 0 Å². The van der Waals surface area contributed by atoms with Gasteiger partial charge in [-0.2, -0.15) is 0 Å². The van der Waals surface area contributed by atoms with Crippen LogP contribution >= 0.6 is 0 Å². The number of aliphatic hydroxyl groups is 1. The second-order valence-electron chi connectivity index (χ2n) is 4.36. The van der Waals surface area contributed by atoms with E-state index in [0.29, 0.717) is 12.8 Å². The minimum Gasteiger partial charge on any atom is -0.378 e. The highest BCUT2D eigenvalue weighted by Gasteiger charge is 2.26. The van der Waals surface area contributed by atoms with E-state index in [1.807, 2.05) is 13.8 Å². The van der Waals surface area contributed by atoms with Gasteiger partial charge in [0.05, 0.1) is 0 Å². The molecule has 0 aromatic rings. The van der Waals surface area contributed by atoms with E-state index in [-0.39, 0.29) is 11.7 Å². The number of rotatable bonds is 1. The number of carbonyl (C=O) groups excluding carboxylic acids is 1. The van der Waals surface area contributed by atoms with Crippen LogP contribution in [0.4, 0.5) is 0 Å². The number of Topliss-reactive ketones (excluding diaryl/α,β-unsaturated/α-hetero) is 1. The van der Waals surface area contributed by atoms with Crippen LogP contribution in [0.5, 0.6) is 0 Å². The van der Waals surface area contributed by atoms with Crippen LogP contribution in [0.2, 0.25) is 0 Å². The van der Waals surface area contributed by atoms with Gasteiger partial charge in [-0.3, -0.25) is 4.79 Å². The highest BCUT2D eigenvalue weighted by molar-refractivity contribution is 5.96. The van der Waals surface area contributed by atoms with Crippen LogP contribution in [-0.2, 0) is 4.79 Å². The van der Waals surface area contributed by atoms with Gasteiger partial charge >= 0.3 is 0 Å². The Morgan fingerprint density at radius 3 is 2.36 bits per heavy atom. The van der Waals surface area contributed by atoms with Gasteiger partial charge in [0, 0.05) is 5.92 Å². The van der Waals surface area contributed by atoms with Gasteiger partial charge in [0.15, 0.2) is 0 Å². The molecular formula is C12H18O2. The van der Waals surface area contributed by atoms with E-state index in [1.165, 1.54) is 6.42 Å². The summed E-state index contributed by atoms with van der Waals surface area (Å²) in [4.78, 5) is 11.2. The smallest absolute Gasteiger partial charge is 0.208 e. The lowest BCUT2D eigenvalue weighted by Gasteiger charge is -2.26. The Bertz CT molecular complexity index is 262. The maximum absolute atomic E-state index is 11.2. The Hall–Kier alpha value is -0.810. The monoisotopic (exact) mass is 194 g/mol. The molecule has 0 atom stereocenters. The summed E-state index contributed by atoms with van der Waals surface area (Å²) in [7, 11) is 0. The van der Waals surface area contributed by atoms with Crippen molar-refractivity contribution in [1.82, 2.24) is 0 Å². The standard InChI is InChI=1S/C12H18O2/c1-10(2)11(13)6-9-12(14)7-4-3-5-8-12/h10,14H,3-5,7-8H2,1-2H3. The molecule has 78 valence electrons. The first-order valence-electron chi connectivity index (χ1n) is 5.33. The largest absolute Gasteiger partial charge is 0.378 e. The van der Waals surface area contributed by atoms with Crippen LogP contribution in [0.3, 0.4) is 0 Å². The van der Waals surface area contributed by atoms with E-state index in [1.54, 1.807) is 0 Å². The molecule has 1 aliphatic rings. The van der Waals surface area contributed by atoms with Crippen molar-refractivity contribution >= 4 is 5.78 Å². The third-order valence-electron chi connectivity index (χ3n) is 2.62. The van der Waals surface area contributed by atoms with Crippen molar-refractivity contribution in [2.24, 2.45) is 5.92 Å². The third kappa shape index (κ3) is 3.16. The lowest BCUT2D eigenvalue weighted by atomic mass is 9.85. The van der Waals surface area contributed by atoms with Gasteiger partial charge in [-0.25, -0.2) is 0 Å². The first-order chi connectivity index (χ1) is 6.53. The molecule has 0 bridgehead atoms. The average Bonchev–Trinajstić information content (AvgIpc) is 2.15. The van der Waals surface area contributed by atoms with E-state index in [0.717, 1.165) is 12.8 Å². The molecule has 0 heterocycles. The molecule has 1 saturated carbocycles. The van der Waals surface area contributed by atoms with Crippen molar-refractivity contribution in [3.05, 3.63) is 0 Å². The van der Waals surface area contributed by atoms with Gasteiger partial charge in [-0.1, -0.05) is 26.2 Å². The van der Waals surface area contributed by atoms with Gasteiger partial charge in [0.1, 0.15) is 5.60 Å². The maximum Gasteiger partial charge on any atom is 0.208 e. The van der Waals surface area contributed by atoms with Crippen molar-refractivity contribution < 1.29 is 9.90 Å². The summed E-state index contributed by atoms with van der Waals surface area (Å²) in [6.07, 6.45) is 4.63. The maximum atomic E-state index is 11.2. The topological polar surface area (TPSA) is 37.3 Å². The summed E-state index contributed by atoms with van der Waals surface area (Å²) >= 11 is 0. The second kappa shape index (κ2) is 4.61. The lowest BCUT2D eigenvalue weighted by molar-refractivity contribution is -0.116. The molecule has 0 amide bonds. The molecular weight excluding hydrogens is 176 g/mol. The van der Waals surface area contributed by atoms with Crippen LogP contribution in [0.1, 0.15) is 46.0 Å². The second-order valence-corrected chi connectivity index (χ2v) is 4.36. The van der Waals surface area contributed by atoms with E-state index in [2.05, 4.69) is 11.8 Å². The van der Waals surface area contributed by atoms with Crippen LogP contribution in [-0.4, -0.2) is 16.5 Å². The minimum absolute atomic E-state index is 0.0605. The first-order valence-corrected chi connectivity index (χ1v) is 5.33.